The van der Waals surface area contributed by atoms with Gasteiger partial charge in [0.1, 0.15) is 0 Å². The number of carbonyl (C=O) groups is 2. The number of hydrogen-bond donors (Lipinski definition) is 2. The van der Waals surface area contributed by atoms with Crippen LogP contribution in [0.2, 0.25) is 0 Å². The summed E-state index contributed by atoms with van der Waals surface area (Å²) in [5.41, 5.74) is 0. The second kappa shape index (κ2) is 3.63. The first-order valence-electron chi connectivity index (χ1n) is 3.12. The van der Waals surface area contributed by atoms with Crippen LogP contribution in [0.3, 0.4) is 0 Å². The van der Waals surface area contributed by atoms with Crippen LogP contribution in [0.4, 0.5) is 4.79 Å². The van der Waals surface area contributed by atoms with Crippen LogP contribution in [-0.2, 0) is 20.7 Å². The first kappa shape index (κ1) is 9.14. The molecule has 0 aromatic heterocycles. The largest absolute Gasteiger partial charge is 0.616 e. The Morgan fingerprint density at radius 1 is 1.83 bits per heavy atom. The van der Waals surface area contributed by atoms with Crippen molar-refractivity contribution in [3.63, 3.8) is 0 Å². The molecular formula is C5H7NO5S. The number of carbonyl (C=O) groups excluding carboxylic acids is 1. The van der Waals surface area contributed by atoms with Gasteiger partial charge in [-0.2, -0.15) is 0 Å². The number of amides is 1. The third-order valence-corrected chi connectivity index (χ3v) is 2.45. The molecule has 1 fully saturated rings. The molecule has 0 aromatic rings. The lowest BCUT2D eigenvalue weighted by molar-refractivity contribution is -0.122. The van der Waals surface area contributed by atoms with E-state index >= 15 is 0 Å². The summed E-state index contributed by atoms with van der Waals surface area (Å²) in [6.07, 6.45) is -2.45. The summed E-state index contributed by atoms with van der Waals surface area (Å²) in [6.45, 7) is 0. The summed E-state index contributed by atoms with van der Waals surface area (Å²) in [7, 11) is 0. The lowest BCUT2D eigenvalue weighted by atomic mass is 10.5. The van der Waals surface area contributed by atoms with Crippen LogP contribution in [0.5, 0.6) is 0 Å². The second-order valence-electron chi connectivity index (χ2n) is 2.19. The fourth-order valence-electron chi connectivity index (χ4n) is 0.822. The maximum Gasteiger partial charge on any atom is 0.507 e. The minimum atomic E-state index is -1.49. The molecular weight excluding hydrogens is 186 g/mol. The molecule has 1 rings (SSSR count). The van der Waals surface area contributed by atoms with Crippen molar-refractivity contribution in [2.24, 2.45) is 0 Å². The molecule has 0 aliphatic carbocycles. The van der Waals surface area contributed by atoms with E-state index < -0.39 is 29.5 Å². The lowest BCUT2D eigenvalue weighted by Gasteiger charge is -2.23. The van der Waals surface area contributed by atoms with Gasteiger partial charge in [0.05, 0.1) is 0 Å². The molecule has 7 heteroatoms. The van der Waals surface area contributed by atoms with Crippen molar-refractivity contribution in [1.82, 2.24) is 5.32 Å². The van der Waals surface area contributed by atoms with Gasteiger partial charge < -0.3 is 19.7 Å². The molecule has 1 amide bonds. The topological polar surface area (TPSA) is 98.7 Å². The molecule has 6 nitrogen and oxygen atoms in total. The molecule has 1 aliphatic rings. The minimum absolute atomic E-state index is 0.0258. The molecule has 1 saturated heterocycles. The highest BCUT2D eigenvalue weighted by Gasteiger charge is 2.30. The molecule has 1 heterocycles. The van der Waals surface area contributed by atoms with Crippen molar-refractivity contribution in [3.8, 4) is 0 Å². The van der Waals surface area contributed by atoms with Crippen molar-refractivity contribution in [2.75, 3.05) is 11.5 Å². The predicted octanol–water partition coefficient (Wildman–Crippen LogP) is -1.11. The zero-order chi connectivity index (χ0) is 9.14. The van der Waals surface area contributed by atoms with Gasteiger partial charge in [-0.05, 0) is 11.2 Å². The van der Waals surface area contributed by atoms with Crippen LogP contribution in [0.1, 0.15) is 0 Å². The summed E-state index contributed by atoms with van der Waals surface area (Å²) in [5, 5.41) is 10.4. The molecule has 2 N–H and O–H groups in total. The highest BCUT2D eigenvalue weighted by molar-refractivity contribution is 7.92. The average molecular weight is 193 g/mol. The van der Waals surface area contributed by atoms with Crippen LogP contribution in [0.25, 0.3) is 0 Å². The standard InChI is InChI=1S/C5H7NO5S/c7-3-1-12(10)2-4(6-3)11-5(8)9/h4H,1-2H2,(H,6,7)(H,8,9). The van der Waals surface area contributed by atoms with E-state index in [4.69, 9.17) is 5.11 Å². The number of hydrogen-bond acceptors (Lipinski definition) is 4. The number of carboxylic acid groups (broad SMARTS) is 1. The quantitative estimate of drug-likeness (QED) is 0.406. The van der Waals surface area contributed by atoms with Crippen LogP contribution >= 0.6 is 0 Å². The molecule has 0 bridgehead atoms. The van der Waals surface area contributed by atoms with Crippen molar-refractivity contribution < 1.29 is 24.0 Å². The van der Waals surface area contributed by atoms with E-state index in [1.165, 1.54) is 0 Å². The van der Waals surface area contributed by atoms with E-state index in [1.54, 1.807) is 0 Å². The Bertz CT molecular complexity index is 206. The zero-order valence-corrected chi connectivity index (χ0v) is 6.80. The van der Waals surface area contributed by atoms with E-state index in [2.05, 4.69) is 10.1 Å². The summed E-state index contributed by atoms with van der Waals surface area (Å²) in [6, 6.07) is 0. The van der Waals surface area contributed by atoms with Gasteiger partial charge >= 0.3 is 6.16 Å². The van der Waals surface area contributed by atoms with Gasteiger partial charge in [-0.15, -0.1) is 0 Å². The SMILES string of the molecule is O=C1C[S+]([O-])CC(OC(=O)O)N1. The maximum absolute atomic E-state index is 10.8. The first-order valence-corrected chi connectivity index (χ1v) is 4.60. The maximum atomic E-state index is 10.8. The Kier molecular flexibility index (Phi) is 2.77. The Balaban J connectivity index is 2.44. The van der Waals surface area contributed by atoms with Gasteiger partial charge in [-0.1, -0.05) is 0 Å². The van der Waals surface area contributed by atoms with Crippen LogP contribution in [-0.4, -0.2) is 39.5 Å². The minimum Gasteiger partial charge on any atom is -0.616 e. The van der Waals surface area contributed by atoms with Crippen LogP contribution < -0.4 is 5.32 Å². The molecule has 0 aromatic carbocycles. The molecule has 0 radical (unpaired) electrons. The van der Waals surface area contributed by atoms with Crippen LogP contribution in [0, 0.1) is 0 Å². The molecule has 12 heavy (non-hydrogen) atoms. The van der Waals surface area contributed by atoms with Gasteiger partial charge in [0.15, 0.2) is 11.5 Å². The summed E-state index contributed by atoms with van der Waals surface area (Å²) >= 11 is -1.32. The summed E-state index contributed by atoms with van der Waals surface area (Å²) in [4.78, 5) is 20.7. The second-order valence-corrected chi connectivity index (χ2v) is 3.69. The van der Waals surface area contributed by atoms with E-state index in [9.17, 15) is 14.1 Å². The van der Waals surface area contributed by atoms with Crippen molar-refractivity contribution >= 4 is 23.2 Å². The fraction of sp³-hybridized carbons (Fsp3) is 0.600. The lowest BCUT2D eigenvalue weighted by Crippen LogP contribution is -2.50. The summed E-state index contributed by atoms with van der Waals surface area (Å²) < 4.78 is 15.1. The van der Waals surface area contributed by atoms with Gasteiger partial charge in [0, 0.05) is 0 Å². The average Bonchev–Trinajstić information content (AvgIpc) is 1.81. The van der Waals surface area contributed by atoms with Gasteiger partial charge in [-0.3, -0.25) is 4.79 Å². The highest BCUT2D eigenvalue weighted by Crippen LogP contribution is 2.03. The number of ether oxygens (including phenoxy) is 1. The molecule has 1 aliphatic heterocycles. The number of rotatable bonds is 1. The highest BCUT2D eigenvalue weighted by atomic mass is 32.2. The Morgan fingerprint density at radius 3 is 3.00 bits per heavy atom. The zero-order valence-electron chi connectivity index (χ0n) is 5.98. The van der Waals surface area contributed by atoms with Crippen molar-refractivity contribution in [2.45, 2.75) is 6.23 Å². The molecule has 0 spiro atoms. The monoisotopic (exact) mass is 193 g/mol. The van der Waals surface area contributed by atoms with E-state index in [0.29, 0.717) is 0 Å². The van der Waals surface area contributed by atoms with Crippen molar-refractivity contribution in [3.05, 3.63) is 0 Å². The van der Waals surface area contributed by atoms with Gasteiger partial charge in [0.2, 0.25) is 6.23 Å². The van der Waals surface area contributed by atoms with E-state index in [-0.39, 0.29) is 11.5 Å². The van der Waals surface area contributed by atoms with Crippen LogP contribution in [0.15, 0.2) is 0 Å². The molecule has 2 atom stereocenters. The number of nitrogens with one attached hydrogen (secondary N) is 1. The van der Waals surface area contributed by atoms with Gasteiger partial charge in [0.25, 0.3) is 5.91 Å². The van der Waals surface area contributed by atoms with E-state index in [1.807, 2.05) is 0 Å². The fourth-order valence-corrected chi connectivity index (χ4v) is 1.80. The van der Waals surface area contributed by atoms with Crippen molar-refractivity contribution in [1.29, 1.82) is 0 Å². The smallest absolute Gasteiger partial charge is 0.507 e. The van der Waals surface area contributed by atoms with E-state index in [0.717, 1.165) is 0 Å². The molecule has 0 saturated carbocycles. The van der Waals surface area contributed by atoms with Gasteiger partial charge in [-0.25, -0.2) is 4.79 Å². The normalized spacial score (nSPS) is 29.2. The molecule has 68 valence electrons. The Hall–Kier alpha value is -0.950. The summed E-state index contributed by atoms with van der Waals surface area (Å²) in [5.74, 6) is -0.511. The predicted molar refractivity (Wildman–Crippen MR) is 38.9 cm³/mol. The first-order chi connectivity index (χ1) is 5.58. The Morgan fingerprint density at radius 2 is 2.50 bits per heavy atom. The third kappa shape index (κ3) is 2.59. The molecule has 2 unspecified atom stereocenters. The third-order valence-electron chi connectivity index (χ3n) is 1.19. The Labute approximate surface area is 71.1 Å².